The van der Waals surface area contributed by atoms with Gasteiger partial charge in [0.2, 0.25) is 12.7 Å². The zero-order valence-corrected chi connectivity index (χ0v) is 12.8. The van der Waals surface area contributed by atoms with Crippen molar-refractivity contribution in [1.29, 1.82) is 0 Å². The maximum absolute atomic E-state index is 12.1. The number of rotatable bonds is 5. The quantitative estimate of drug-likeness (QED) is 0.909. The number of carbonyl (C=O) groups is 1. The highest BCUT2D eigenvalue weighted by Crippen LogP contribution is 2.49. The summed E-state index contributed by atoms with van der Waals surface area (Å²) >= 11 is 0. The van der Waals surface area contributed by atoms with Gasteiger partial charge in [0.1, 0.15) is 0 Å². The standard InChI is InChI=1S/C18H23NO3/c20-18(10-15-8-13-1-3-14(15)7-13)19-6-5-12-2-4-16-17(9-12)22-11-21-16/h2,4,9,13-15H,1,3,5-8,10-11H2,(H,19,20). The van der Waals surface area contributed by atoms with Crippen LogP contribution in [-0.4, -0.2) is 19.2 Å². The molecular formula is C18H23NO3. The average molecular weight is 301 g/mol. The molecule has 22 heavy (non-hydrogen) atoms. The Morgan fingerprint density at radius 3 is 2.91 bits per heavy atom. The van der Waals surface area contributed by atoms with Gasteiger partial charge < -0.3 is 14.8 Å². The molecule has 0 aromatic heterocycles. The number of nitrogens with one attached hydrogen (secondary N) is 1. The average Bonchev–Trinajstić information content (AvgIpc) is 3.22. The van der Waals surface area contributed by atoms with Gasteiger partial charge in [-0.1, -0.05) is 12.5 Å². The first-order chi connectivity index (χ1) is 10.8. The summed E-state index contributed by atoms with van der Waals surface area (Å²) in [6.45, 7) is 0.998. The molecule has 1 aliphatic heterocycles. The van der Waals surface area contributed by atoms with Crippen LogP contribution in [0.4, 0.5) is 0 Å². The number of amides is 1. The number of fused-ring (bicyclic) bond motifs is 3. The van der Waals surface area contributed by atoms with Crippen molar-refractivity contribution in [1.82, 2.24) is 5.32 Å². The number of benzene rings is 1. The monoisotopic (exact) mass is 301 g/mol. The summed E-state index contributed by atoms with van der Waals surface area (Å²) < 4.78 is 10.7. The van der Waals surface area contributed by atoms with E-state index in [1.54, 1.807) is 0 Å². The van der Waals surface area contributed by atoms with E-state index in [1.807, 2.05) is 18.2 Å². The van der Waals surface area contributed by atoms with Crippen molar-refractivity contribution in [2.45, 2.75) is 38.5 Å². The van der Waals surface area contributed by atoms with Gasteiger partial charge in [0.15, 0.2) is 11.5 Å². The van der Waals surface area contributed by atoms with E-state index >= 15 is 0 Å². The Labute approximate surface area is 131 Å². The smallest absolute Gasteiger partial charge is 0.231 e. The third-order valence-corrected chi connectivity index (χ3v) is 5.50. The van der Waals surface area contributed by atoms with Crippen LogP contribution in [0.15, 0.2) is 18.2 Å². The Hall–Kier alpha value is -1.71. The van der Waals surface area contributed by atoms with Crippen LogP contribution in [-0.2, 0) is 11.2 Å². The van der Waals surface area contributed by atoms with Crippen LogP contribution in [0.5, 0.6) is 11.5 Å². The van der Waals surface area contributed by atoms with Gasteiger partial charge in [0.25, 0.3) is 0 Å². The highest BCUT2D eigenvalue weighted by atomic mass is 16.7. The largest absolute Gasteiger partial charge is 0.454 e. The van der Waals surface area contributed by atoms with E-state index in [0.717, 1.165) is 36.2 Å². The Kier molecular flexibility index (Phi) is 3.68. The Morgan fingerprint density at radius 2 is 2.09 bits per heavy atom. The van der Waals surface area contributed by atoms with Gasteiger partial charge in [-0.25, -0.2) is 0 Å². The van der Waals surface area contributed by atoms with Gasteiger partial charge in [0, 0.05) is 13.0 Å². The predicted octanol–water partition coefficient (Wildman–Crippen LogP) is 2.90. The van der Waals surface area contributed by atoms with Gasteiger partial charge in [-0.2, -0.15) is 0 Å². The van der Waals surface area contributed by atoms with Crippen molar-refractivity contribution in [3.05, 3.63) is 23.8 Å². The molecule has 1 heterocycles. The Bertz CT molecular complexity index is 571. The van der Waals surface area contributed by atoms with Crippen molar-refractivity contribution in [2.75, 3.05) is 13.3 Å². The van der Waals surface area contributed by atoms with Crippen molar-refractivity contribution >= 4 is 5.91 Å². The zero-order valence-electron chi connectivity index (χ0n) is 12.8. The fourth-order valence-corrected chi connectivity index (χ4v) is 4.38. The molecule has 2 fully saturated rings. The molecule has 2 aliphatic carbocycles. The second-order valence-electron chi connectivity index (χ2n) is 6.93. The molecule has 4 rings (SSSR count). The van der Waals surface area contributed by atoms with Crippen molar-refractivity contribution < 1.29 is 14.3 Å². The third kappa shape index (κ3) is 2.79. The molecule has 1 aromatic rings. The lowest BCUT2D eigenvalue weighted by atomic mass is 9.86. The molecule has 3 aliphatic rings. The first-order valence-corrected chi connectivity index (χ1v) is 8.43. The number of carbonyl (C=O) groups excluding carboxylic acids is 1. The Morgan fingerprint density at radius 1 is 1.18 bits per heavy atom. The van der Waals surface area contributed by atoms with Crippen LogP contribution in [0.3, 0.4) is 0 Å². The summed E-state index contributed by atoms with van der Waals surface area (Å²) in [7, 11) is 0. The number of hydrogen-bond donors (Lipinski definition) is 1. The molecule has 3 unspecified atom stereocenters. The van der Waals surface area contributed by atoms with Crippen LogP contribution in [0, 0.1) is 17.8 Å². The lowest BCUT2D eigenvalue weighted by Crippen LogP contribution is -2.29. The first-order valence-electron chi connectivity index (χ1n) is 8.43. The minimum Gasteiger partial charge on any atom is -0.454 e. The third-order valence-electron chi connectivity index (χ3n) is 5.50. The molecule has 118 valence electrons. The van der Waals surface area contributed by atoms with Crippen LogP contribution >= 0.6 is 0 Å². The van der Waals surface area contributed by atoms with E-state index in [2.05, 4.69) is 5.32 Å². The highest BCUT2D eigenvalue weighted by molar-refractivity contribution is 5.76. The summed E-state index contributed by atoms with van der Waals surface area (Å²) in [5.74, 6) is 4.22. The summed E-state index contributed by atoms with van der Waals surface area (Å²) in [6, 6.07) is 5.98. The van der Waals surface area contributed by atoms with Crippen LogP contribution in [0.25, 0.3) is 0 Å². The number of ether oxygens (including phenoxy) is 2. The molecule has 0 spiro atoms. The fourth-order valence-electron chi connectivity index (χ4n) is 4.38. The summed E-state index contributed by atoms with van der Waals surface area (Å²) in [5.41, 5.74) is 1.17. The van der Waals surface area contributed by atoms with Crippen molar-refractivity contribution in [3.8, 4) is 11.5 Å². The molecule has 4 nitrogen and oxygen atoms in total. The van der Waals surface area contributed by atoms with Gasteiger partial charge in [-0.3, -0.25) is 4.79 Å². The van der Waals surface area contributed by atoms with E-state index in [1.165, 1.54) is 31.2 Å². The highest BCUT2D eigenvalue weighted by Gasteiger charge is 2.39. The maximum Gasteiger partial charge on any atom is 0.231 e. The van der Waals surface area contributed by atoms with E-state index in [0.29, 0.717) is 19.3 Å². The van der Waals surface area contributed by atoms with Crippen LogP contribution < -0.4 is 14.8 Å². The van der Waals surface area contributed by atoms with Gasteiger partial charge >= 0.3 is 0 Å². The maximum atomic E-state index is 12.1. The minimum absolute atomic E-state index is 0.221. The predicted molar refractivity (Wildman–Crippen MR) is 82.8 cm³/mol. The molecule has 0 radical (unpaired) electrons. The van der Waals surface area contributed by atoms with Gasteiger partial charge in [0.05, 0.1) is 0 Å². The topological polar surface area (TPSA) is 47.6 Å². The summed E-state index contributed by atoms with van der Waals surface area (Å²) in [5, 5.41) is 3.07. The molecule has 1 amide bonds. The van der Waals surface area contributed by atoms with E-state index < -0.39 is 0 Å². The second-order valence-corrected chi connectivity index (χ2v) is 6.93. The summed E-state index contributed by atoms with van der Waals surface area (Å²) in [6.07, 6.45) is 6.95. The lowest BCUT2D eigenvalue weighted by Gasteiger charge is -2.20. The van der Waals surface area contributed by atoms with Gasteiger partial charge in [-0.05, 0) is 61.1 Å². The minimum atomic E-state index is 0.221. The number of hydrogen-bond acceptors (Lipinski definition) is 3. The molecule has 2 bridgehead atoms. The zero-order chi connectivity index (χ0) is 14.9. The second kappa shape index (κ2) is 5.82. The molecule has 4 heteroatoms. The van der Waals surface area contributed by atoms with Crippen molar-refractivity contribution in [3.63, 3.8) is 0 Å². The fraction of sp³-hybridized carbons (Fsp3) is 0.611. The molecule has 1 aromatic carbocycles. The van der Waals surface area contributed by atoms with Crippen LogP contribution in [0.2, 0.25) is 0 Å². The lowest BCUT2D eigenvalue weighted by molar-refractivity contribution is -0.122. The molecule has 2 saturated carbocycles. The molecule has 1 N–H and O–H groups in total. The molecular weight excluding hydrogens is 278 g/mol. The molecule has 3 atom stereocenters. The first kappa shape index (κ1) is 13.9. The normalized spacial score (nSPS) is 28.1. The van der Waals surface area contributed by atoms with Crippen molar-refractivity contribution in [2.24, 2.45) is 17.8 Å². The van der Waals surface area contributed by atoms with E-state index in [-0.39, 0.29) is 5.91 Å². The SMILES string of the molecule is O=C(CC1CC2CCC1C2)NCCc1ccc2c(c1)OCO2. The van der Waals surface area contributed by atoms with E-state index in [4.69, 9.17) is 9.47 Å². The van der Waals surface area contributed by atoms with Crippen LogP contribution in [0.1, 0.15) is 37.7 Å². The molecule has 0 saturated heterocycles. The Balaban J connectivity index is 1.22. The summed E-state index contributed by atoms with van der Waals surface area (Å²) in [4.78, 5) is 12.1. The van der Waals surface area contributed by atoms with Gasteiger partial charge in [-0.15, -0.1) is 0 Å². The van der Waals surface area contributed by atoms with E-state index in [9.17, 15) is 4.79 Å².